The van der Waals surface area contributed by atoms with Crippen LogP contribution in [0.5, 0.6) is 0 Å². The Morgan fingerprint density at radius 1 is 1.67 bits per heavy atom. The summed E-state index contributed by atoms with van der Waals surface area (Å²) in [4.78, 5) is 0. The van der Waals surface area contributed by atoms with Crippen LogP contribution in [0.3, 0.4) is 0 Å². The van der Waals surface area contributed by atoms with Crippen LogP contribution >= 0.6 is 0 Å². The van der Waals surface area contributed by atoms with Crippen LogP contribution in [0, 0.1) is 6.92 Å². The third kappa shape index (κ3) is 1.23. The summed E-state index contributed by atoms with van der Waals surface area (Å²) in [5.41, 5.74) is 0. The summed E-state index contributed by atoms with van der Waals surface area (Å²) in [6.45, 7) is 4.84. The van der Waals surface area contributed by atoms with Gasteiger partial charge in [-0.25, -0.2) is 4.72 Å². The number of hydrogen-bond acceptors (Lipinski definition) is 2. The molecule has 0 aliphatic carbocycles. The molecule has 1 fully saturated rings. The zero-order valence-corrected chi connectivity index (χ0v) is 5.82. The number of rotatable bonds is 1. The molecule has 1 aliphatic heterocycles. The summed E-state index contributed by atoms with van der Waals surface area (Å²) in [6, 6.07) is 0. The van der Waals surface area contributed by atoms with Crippen molar-refractivity contribution in [3.8, 4) is 0 Å². The highest BCUT2D eigenvalue weighted by molar-refractivity contribution is 7.87. The first-order valence-corrected chi connectivity index (χ1v) is 4.15. The Bertz CT molecular complexity index is 187. The second kappa shape index (κ2) is 2.24. The molecule has 1 aliphatic rings. The van der Waals surface area contributed by atoms with E-state index in [1.807, 2.05) is 0 Å². The fraction of sp³-hybridized carbons (Fsp3) is 0.750. The van der Waals surface area contributed by atoms with Gasteiger partial charge in [0.2, 0.25) is 0 Å². The van der Waals surface area contributed by atoms with Crippen molar-refractivity contribution in [2.45, 2.75) is 0 Å². The lowest BCUT2D eigenvalue weighted by atomic mass is 10.6. The highest BCUT2D eigenvalue weighted by atomic mass is 32.2. The van der Waals surface area contributed by atoms with Crippen LogP contribution in [-0.2, 0) is 10.2 Å². The van der Waals surface area contributed by atoms with Gasteiger partial charge in [-0.3, -0.25) is 0 Å². The molecule has 0 amide bonds. The topological polar surface area (TPSA) is 49.4 Å². The molecule has 5 heteroatoms. The molecule has 0 aromatic carbocycles. The van der Waals surface area contributed by atoms with E-state index in [4.69, 9.17) is 0 Å². The second-order valence-corrected chi connectivity index (χ2v) is 3.55. The first-order valence-electron chi connectivity index (χ1n) is 2.71. The Kier molecular flexibility index (Phi) is 1.74. The van der Waals surface area contributed by atoms with Crippen LogP contribution in [-0.4, -0.2) is 32.4 Å². The van der Waals surface area contributed by atoms with Gasteiger partial charge in [0, 0.05) is 19.6 Å². The van der Waals surface area contributed by atoms with E-state index in [2.05, 4.69) is 11.6 Å². The maximum atomic E-state index is 10.8. The molecule has 1 heterocycles. The van der Waals surface area contributed by atoms with E-state index < -0.39 is 10.2 Å². The van der Waals surface area contributed by atoms with Gasteiger partial charge < -0.3 is 0 Å². The Labute approximate surface area is 55.0 Å². The average molecular weight is 149 g/mol. The minimum absolute atomic E-state index is 0.315. The van der Waals surface area contributed by atoms with Crippen LogP contribution in [0.1, 0.15) is 0 Å². The molecule has 0 spiro atoms. The predicted octanol–water partition coefficient (Wildman–Crippen LogP) is -1.03. The van der Waals surface area contributed by atoms with Crippen molar-refractivity contribution >= 4 is 10.2 Å². The van der Waals surface area contributed by atoms with Gasteiger partial charge in [-0.2, -0.15) is 12.7 Å². The molecule has 1 N–H and O–H groups in total. The molecule has 0 unspecified atom stereocenters. The summed E-state index contributed by atoms with van der Waals surface area (Å²) in [5.74, 6) is 0. The molecule has 1 saturated heterocycles. The number of nitrogens with one attached hydrogen (secondary N) is 1. The maximum Gasteiger partial charge on any atom is 0.279 e. The zero-order valence-electron chi connectivity index (χ0n) is 5.00. The first-order chi connectivity index (χ1) is 4.17. The summed E-state index contributed by atoms with van der Waals surface area (Å²) in [6.07, 6.45) is 0. The lowest BCUT2D eigenvalue weighted by Gasteiger charge is -2.07. The zero-order chi connectivity index (χ0) is 6.91. The van der Waals surface area contributed by atoms with E-state index in [1.54, 1.807) is 0 Å². The Balaban J connectivity index is 2.75. The van der Waals surface area contributed by atoms with E-state index in [9.17, 15) is 8.42 Å². The van der Waals surface area contributed by atoms with E-state index in [1.165, 1.54) is 4.31 Å². The van der Waals surface area contributed by atoms with Crippen LogP contribution < -0.4 is 4.72 Å². The van der Waals surface area contributed by atoms with E-state index in [-0.39, 0.29) is 0 Å². The van der Waals surface area contributed by atoms with E-state index in [0.29, 0.717) is 19.6 Å². The summed E-state index contributed by atoms with van der Waals surface area (Å²) in [7, 11) is -3.12. The molecule has 1 rings (SSSR count). The Morgan fingerprint density at radius 2 is 2.33 bits per heavy atom. The molecular weight excluding hydrogens is 140 g/mol. The van der Waals surface area contributed by atoms with Gasteiger partial charge in [0.25, 0.3) is 10.2 Å². The standard InChI is InChI=1S/C4H9N2O2S/c1-2-6-4-3-5-9(6,7)8/h5H,1-4H2. The monoisotopic (exact) mass is 149 g/mol. The van der Waals surface area contributed by atoms with Gasteiger partial charge in [0.15, 0.2) is 0 Å². The molecule has 0 atom stereocenters. The number of hydrogen-bond donors (Lipinski definition) is 1. The summed E-state index contributed by atoms with van der Waals surface area (Å²) < 4.78 is 25.2. The molecule has 0 aromatic rings. The minimum atomic E-state index is -3.12. The van der Waals surface area contributed by atoms with Crippen molar-refractivity contribution in [3.63, 3.8) is 0 Å². The van der Waals surface area contributed by atoms with Gasteiger partial charge >= 0.3 is 0 Å². The van der Waals surface area contributed by atoms with Crippen molar-refractivity contribution in [1.82, 2.24) is 9.03 Å². The van der Waals surface area contributed by atoms with Crippen molar-refractivity contribution in [1.29, 1.82) is 0 Å². The van der Waals surface area contributed by atoms with Crippen LogP contribution in [0.4, 0.5) is 0 Å². The molecular formula is C4H9N2O2S. The Hall–Kier alpha value is -0.130. The quantitative estimate of drug-likeness (QED) is 0.518. The Morgan fingerprint density at radius 3 is 2.56 bits per heavy atom. The lowest BCUT2D eigenvalue weighted by molar-refractivity contribution is 0.483. The van der Waals surface area contributed by atoms with Crippen LogP contribution in [0.15, 0.2) is 0 Å². The molecule has 4 nitrogen and oxygen atoms in total. The minimum Gasteiger partial charge on any atom is -0.201 e. The normalized spacial score (nSPS) is 26.8. The van der Waals surface area contributed by atoms with Gasteiger partial charge in [-0.1, -0.05) is 0 Å². The van der Waals surface area contributed by atoms with Crippen molar-refractivity contribution in [3.05, 3.63) is 6.92 Å². The van der Waals surface area contributed by atoms with Crippen molar-refractivity contribution in [2.75, 3.05) is 19.6 Å². The van der Waals surface area contributed by atoms with Crippen molar-refractivity contribution in [2.24, 2.45) is 0 Å². The van der Waals surface area contributed by atoms with Crippen LogP contribution in [0.25, 0.3) is 0 Å². The van der Waals surface area contributed by atoms with Crippen molar-refractivity contribution < 1.29 is 8.42 Å². The second-order valence-electron chi connectivity index (χ2n) is 1.80. The highest BCUT2D eigenvalue weighted by Gasteiger charge is 2.25. The molecule has 0 bridgehead atoms. The fourth-order valence-corrected chi connectivity index (χ4v) is 1.85. The van der Waals surface area contributed by atoms with E-state index >= 15 is 0 Å². The third-order valence-electron chi connectivity index (χ3n) is 1.23. The van der Waals surface area contributed by atoms with Gasteiger partial charge in [-0.15, -0.1) is 0 Å². The maximum absolute atomic E-state index is 10.8. The number of nitrogens with zero attached hydrogens (tertiary/aromatic N) is 1. The smallest absolute Gasteiger partial charge is 0.201 e. The SMILES string of the molecule is [CH2]CN1CCNS1(=O)=O. The summed E-state index contributed by atoms with van der Waals surface area (Å²) in [5, 5.41) is 0. The largest absolute Gasteiger partial charge is 0.279 e. The molecule has 1 radical (unpaired) electrons. The fourth-order valence-electron chi connectivity index (χ4n) is 0.743. The molecule has 0 saturated carbocycles. The summed E-state index contributed by atoms with van der Waals surface area (Å²) >= 11 is 0. The van der Waals surface area contributed by atoms with Crippen LogP contribution in [0.2, 0.25) is 0 Å². The first kappa shape index (κ1) is 6.98. The third-order valence-corrected chi connectivity index (χ3v) is 2.85. The van der Waals surface area contributed by atoms with Gasteiger partial charge in [0.1, 0.15) is 0 Å². The van der Waals surface area contributed by atoms with Gasteiger partial charge in [0.05, 0.1) is 0 Å². The molecule has 53 valence electrons. The van der Waals surface area contributed by atoms with E-state index in [0.717, 1.165) is 0 Å². The highest BCUT2D eigenvalue weighted by Crippen LogP contribution is 2.01. The average Bonchev–Trinajstić information content (AvgIpc) is 2.08. The molecule has 9 heavy (non-hydrogen) atoms. The van der Waals surface area contributed by atoms with Gasteiger partial charge in [-0.05, 0) is 6.92 Å². The molecule has 0 aromatic heterocycles. The predicted molar refractivity (Wildman–Crippen MR) is 33.9 cm³/mol. The lowest BCUT2D eigenvalue weighted by Crippen LogP contribution is -2.29.